The SMILES string of the molecule is CCNC(=O)Cc1c(C)n(C(=O)c2cccc(F)c2)c2ccc(O)cc12. The number of carbonyl (C=O) groups is 2. The van der Waals surface area contributed by atoms with Crippen molar-refractivity contribution in [1.82, 2.24) is 9.88 Å². The summed E-state index contributed by atoms with van der Waals surface area (Å²) in [6.07, 6.45) is 0.0864. The van der Waals surface area contributed by atoms with Gasteiger partial charge in [0.15, 0.2) is 0 Å². The van der Waals surface area contributed by atoms with Crippen molar-refractivity contribution in [3.05, 3.63) is 65.1 Å². The molecule has 0 fully saturated rings. The predicted molar refractivity (Wildman–Crippen MR) is 96.9 cm³/mol. The highest BCUT2D eigenvalue weighted by molar-refractivity contribution is 6.05. The Morgan fingerprint density at radius 3 is 2.65 bits per heavy atom. The molecular formula is C20H19FN2O3. The van der Waals surface area contributed by atoms with E-state index in [1.165, 1.54) is 34.9 Å². The van der Waals surface area contributed by atoms with E-state index in [1.807, 2.05) is 6.92 Å². The number of hydrogen-bond donors (Lipinski definition) is 2. The van der Waals surface area contributed by atoms with Crippen LogP contribution >= 0.6 is 0 Å². The van der Waals surface area contributed by atoms with Crippen LogP contribution < -0.4 is 5.32 Å². The number of aromatic hydroxyl groups is 1. The molecule has 3 rings (SSSR count). The monoisotopic (exact) mass is 354 g/mol. The molecule has 6 heteroatoms. The van der Waals surface area contributed by atoms with Crippen LogP contribution in [0.3, 0.4) is 0 Å². The molecule has 2 aromatic carbocycles. The van der Waals surface area contributed by atoms with Crippen molar-refractivity contribution in [3.8, 4) is 5.75 Å². The number of halogens is 1. The molecule has 5 nitrogen and oxygen atoms in total. The number of hydrogen-bond acceptors (Lipinski definition) is 3. The van der Waals surface area contributed by atoms with Gasteiger partial charge >= 0.3 is 0 Å². The van der Waals surface area contributed by atoms with Crippen LogP contribution in [0.15, 0.2) is 42.5 Å². The van der Waals surface area contributed by atoms with E-state index in [2.05, 4.69) is 5.32 Å². The number of likely N-dealkylation sites (N-methyl/N-ethyl adjacent to an activating group) is 1. The second-order valence-corrected chi connectivity index (χ2v) is 6.05. The Labute approximate surface area is 150 Å². The maximum Gasteiger partial charge on any atom is 0.262 e. The van der Waals surface area contributed by atoms with Gasteiger partial charge < -0.3 is 10.4 Å². The number of nitrogens with one attached hydrogen (secondary N) is 1. The van der Waals surface area contributed by atoms with Crippen molar-refractivity contribution in [2.45, 2.75) is 20.3 Å². The number of fused-ring (bicyclic) bond motifs is 1. The lowest BCUT2D eigenvalue weighted by Crippen LogP contribution is -2.24. The van der Waals surface area contributed by atoms with Gasteiger partial charge in [-0.15, -0.1) is 0 Å². The van der Waals surface area contributed by atoms with Gasteiger partial charge in [0.05, 0.1) is 11.9 Å². The molecule has 1 heterocycles. The van der Waals surface area contributed by atoms with Crippen molar-refractivity contribution < 1.29 is 19.1 Å². The third-order valence-corrected chi connectivity index (χ3v) is 4.30. The van der Waals surface area contributed by atoms with Crippen LogP contribution in [0.5, 0.6) is 5.75 Å². The molecule has 1 aromatic heterocycles. The van der Waals surface area contributed by atoms with Crippen LogP contribution in [0.1, 0.15) is 28.5 Å². The Balaban J connectivity index is 2.18. The summed E-state index contributed by atoms with van der Waals surface area (Å²) >= 11 is 0. The Morgan fingerprint density at radius 1 is 1.19 bits per heavy atom. The second kappa shape index (κ2) is 7.00. The molecular weight excluding hydrogens is 335 g/mol. The highest BCUT2D eigenvalue weighted by atomic mass is 19.1. The number of benzene rings is 2. The third-order valence-electron chi connectivity index (χ3n) is 4.30. The highest BCUT2D eigenvalue weighted by Crippen LogP contribution is 2.30. The third kappa shape index (κ3) is 3.18. The number of nitrogens with zero attached hydrogens (tertiary/aromatic N) is 1. The fourth-order valence-electron chi connectivity index (χ4n) is 3.13. The van der Waals surface area contributed by atoms with Gasteiger partial charge in [-0.1, -0.05) is 6.07 Å². The van der Waals surface area contributed by atoms with Crippen molar-refractivity contribution in [2.24, 2.45) is 0 Å². The zero-order chi connectivity index (χ0) is 18.8. The van der Waals surface area contributed by atoms with Crippen LogP contribution in [0.25, 0.3) is 10.9 Å². The summed E-state index contributed by atoms with van der Waals surface area (Å²) in [6.45, 7) is 4.07. The second-order valence-electron chi connectivity index (χ2n) is 6.05. The zero-order valence-corrected chi connectivity index (χ0v) is 14.5. The molecule has 26 heavy (non-hydrogen) atoms. The Bertz CT molecular complexity index is 1010. The van der Waals surface area contributed by atoms with E-state index in [4.69, 9.17) is 0 Å². The van der Waals surface area contributed by atoms with Crippen LogP contribution in [0, 0.1) is 12.7 Å². The maximum absolute atomic E-state index is 13.5. The van der Waals surface area contributed by atoms with E-state index in [9.17, 15) is 19.1 Å². The van der Waals surface area contributed by atoms with Gasteiger partial charge in [-0.3, -0.25) is 14.2 Å². The van der Waals surface area contributed by atoms with Crippen LogP contribution in [0.4, 0.5) is 4.39 Å². The molecule has 0 bridgehead atoms. The minimum atomic E-state index is -0.495. The summed E-state index contributed by atoms with van der Waals surface area (Å²) in [6, 6.07) is 10.1. The van der Waals surface area contributed by atoms with Gasteiger partial charge in [0, 0.05) is 23.2 Å². The Morgan fingerprint density at radius 2 is 1.96 bits per heavy atom. The molecule has 0 saturated heterocycles. The standard InChI is InChI=1S/C20H19FN2O3/c1-3-22-19(25)11-16-12(2)23(18-8-7-15(24)10-17(16)18)20(26)13-5-4-6-14(21)9-13/h4-10,24H,3,11H2,1-2H3,(H,22,25). The molecule has 0 unspecified atom stereocenters. The predicted octanol–water partition coefficient (Wildman–Crippen LogP) is 3.16. The highest BCUT2D eigenvalue weighted by Gasteiger charge is 2.21. The molecule has 0 saturated carbocycles. The van der Waals surface area contributed by atoms with E-state index in [1.54, 1.807) is 19.1 Å². The maximum atomic E-state index is 13.5. The van der Waals surface area contributed by atoms with E-state index in [0.717, 1.165) is 0 Å². The first kappa shape index (κ1) is 17.7. The van der Waals surface area contributed by atoms with Crippen molar-refractivity contribution in [3.63, 3.8) is 0 Å². The van der Waals surface area contributed by atoms with Crippen LogP contribution in [-0.2, 0) is 11.2 Å². The van der Waals surface area contributed by atoms with E-state index in [0.29, 0.717) is 28.7 Å². The van der Waals surface area contributed by atoms with Crippen molar-refractivity contribution >= 4 is 22.7 Å². The lowest BCUT2D eigenvalue weighted by atomic mass is 10.1. The number of carbonyl (C=O) groups excluding carboxylic acids is 2. The zero-order valence-electron chi connectivity index (χ0n) is 14.5. The van der Waals surface area contributed by atoms with Gasteiger partial charge in [-0.05, 0) is 55.8 Å². The summed E-state index contributed by atoms with van der Waals surface area (Å²) < 4.78 is 15.0. The average Bonchev–Trinajstić information content (AvgIpc) is 2.86. The van der Waals surface area contributed by atoms with Gasteiger partial charge in [0.1, 0.15) is 11.6 Å². The quantitative estimate of drug-likeness (QED) is 0.756. The van der Waals surface area contributed by atoms with Crippen molar-refractivity contribution in [2.75, 3.05) is 6.54 Å². The first-order chi connectivity index (χ1) is 12.4. The van der Waals surface area contributed by atoms with E-state index < -0.39 is 5.82 Å². The molecule has 3 aromatic rings. The molecule has 1 amide bonds. The topological polar surface area (TPSA) is 71.3 Å². The number of phenolic OH excluding ortho intramolecular Hbond substituents is 1. The first-order valence-electron chi connectivity index (χ1n) is 8.32. The molecule has 2 N–H and O–H groups in total. The molecule has 0 aliphatic heterocycles. The first-order valence-corrected chi connectivity index (χ1v) is 8.32. The molecule has 134 valence electrons. The normalized spacial score (nSPS) is 10.9. The van der Waals surface area contributed by atoms with Crippen molar-refractivity contribution in [1.29, 1.82) is 0 Å². The Hall–Kier alpha value is -3.15. The molecule has 0 aliphatic carbocycles. The fraction of sp³-hybridized carbons (Fsp3) is 0.200. The minimum absolute atomic E-state index is 0.0463. The lowest BCUT2D eigenvalue weighted by molar-refractivity contribution is -0.120. The van der Waals surface area contributed by atoms with Gasteiger partial charge in [0.2, 0.25) is 5.91 Å². The number of phenols is 1. The summed E-state index contributed by atoms with van der Waals surface area (Å²) in [5.74, 6) is -1.01. The number of amides is 1. The summed E-state index contributed by atoms with van der Waals surface area (Å²) in [5.41, 5.74) is 2.02. The fourth-order valence-corrected chi connectivity index (χ4v) is 3.13. The number of aromatic nitrogens is 1. The summed E-state index contributed by atoms with van der Waals surface area (Å²) in [7, 11) is 0. The lowest BCUT2D eigenvalue weighted by Gasteiger charge is -2.08. The van der Waals surface area contributed by atoms with E-state index >= 15 is 0 Å². The van der Waals surface area contributed by atoms with Crippen LogP contribution in [0.2, 0.25) is 0 Å². The van der Waals surface area contributed by atoms with Gasteiger partial charge in [-0.2, -0.15) is 0 Å². The minimum Gasteiger partial charge on any atom is -0.508 e. The van der Waals surface area contributed by atoms with E-state index in [-0.39, 0.29) is 29.5 Å². The smallest absolute Gasteiger partial charge is 0.262 e. The summed E-state index contributed by atoms with van der Waals surface area (Å²) in [4.78, 5) is 25.0. The van der Waals surface area contributed by atoms with Gasteiger partial charge in [-0.25, -0.2) is 4.39 Å². The molecule has 0 radical (unpaired) electrons. The average molecular weight is 354 g/mol. The molecule has 0 aliphatic rings. The number of rotatable bonds is 4. The Kier molecular flexibility index (Phi) is 4.75. The van der Waals surface area contributed by atoms with Crippen LogP contribution in [-0.4, -0.2) is 28.0 Å². The molecule has 0 atom stereocenters. The molecule has 0 spiro atoms. The summed E-state index contributed by atoms with van der Waals surface area (Å²) in [5, 5.41) is 13.2. The largest absolute Gasteiger partial charge is 0.508 e. The van der Waals surface area contributed by atoms with Gasteiger partial charge in [0.25, 0.3) is 5.91 Å².